The minimum absolute atomic E-state index is 0.207. The summed E-state index contributed by atoms with van der Waals surface area (Å²) in [7, 11) is 1.46. The topological polar surface area (TPSA) is 69.0 Å². The zero-order valence-electron chi connectivity index (χ0n) is 14.3. The van der Waals surface area contributed by atoms with Crippen molar-refractivity contribution in [1.29, 1.82) is 0 Å². The van der Waals surface area contributed by atoms with Crippen molar-refractivity contribution in [2.75, 3.05) is 12.4 Å². The number of anilines is 2. The van der Waals surface area contributed by atoms with Gasteiger partial charge in [-0.3, -0.25) is 4.79 Å². The molecule has 0 aliphatic rings. The molecule has 0 amide bonds. The van der Waals surface area contributed by atoms with Gasteiger partial charge in [0, 0.05) is 6.20 Å². The molecule has 3 aromatic rings. The number of ether oxygens (including phenoxy) is 1. The molecule has 6 nitrogen and oxygen atoms in total. The summed E-state index contributed by atoms with van der Waals surface area (Å²) < 4.78 is 6.99. The Hall–Kier alpha value is -3.15. The monoisotopic (exact) mass is 336 g/mol. The van der Waals surface area contributed by atoms with Crippen LogP contribution in [0, 0.1) is 0 Å². The molecule has 0 aliphatic heterocycles. The molecular weight excluding hydrogens is 316 g/mol. The normalized spacial score (nSPS) is 10.5. The minimum Gasteiger partial charge on any atom is -0.490 e. The van der Waals surface area contributed by atoms with Crippen LogP contribution in [-0.4, -0.2) is 21.6 Å². The van der Waals surface area contributed by atoms with Crippen LogP contribution in [0.2, 0.25) is 0 Å². The van der Waals surface area contributed by atoms with Gasteiger partial charge in [0.15, 0.2) is 0 Å². The summed E-state index contributed by atoms with van der Waals surface area (Å²) in [5.41, 5.74) is 1.73. The van der Waals surface area contributed by atoms with Crippen LogP contribution in [0.3, 0.4) is 0 Å². The number of hydrogen-bond donors (Lipinski definition) is 1. The molecule has 1 N–H and O–H groups in total. The van der Waals surface area contributed by atoms with E-state index < -0.39 is 5.56 Å². The SMILES string of the molecule is CCc1cccnc1Nc1nc(=O)c(OC)cn1Cc1ccccc1. The fourth-order valence-corrected chi connectivity index (χ4v) is 2.56. The Balaban J connectivity index is 2.02. The van der Waals surface area contributed by atoms with Gasteiger partial charge in [0.2, 0.25) is 11.7 Å². The first kappa shape index (κ1) is 16.7. The summed E-state index contributed by atoms with van der Waals surface area (Å²) in [4.78, 5) is 20.6. The zero-order valence-corrected chi connectivity index (χ0v) is 14.3. The predicted molar refractivity (Wildman–Crippen MR) is 97.5 cm³/mol. The second kappa shape index (κ2) is 7.61. The van der Waals surface area contributed by atoms with E-state index in [1.54, 1.807) is 12.4 Å². The van der Waals surface area contributed by atoms with Gasteiger partial charge in [-0.25, -0.2) is 4.98 Å². The molecule has 0 fully saturated rings. The highest BCUT2D eigenvalue weighted by atomic mass is 16.5. The van der Waals surface area contributed by atoms with Gasteiger partial charge in [0.1, 0.15) is 5.82 Å². The van der Waals surface area contributed by atoms with Gasteiger partial charge in [0.25, 0.3) is 0 Å². The fraction of sp³-hybridized carbons (Fsp3) is 0.211. The van der Waals surface area contributed by atoms with Crippen LogP contribution in [0.25, 0.3) is 0 Å². The molecule has 1 aromatic carbocycles. The molecule has 6 heteroatoms. The first-order valence-corrected chi connectivity index (χ1v) is 8.11. The van der Waals surface area contributed by atoms with Crippen LogP contribution in [0.15, 0.2) is 59.7 Å². The third kappa shape index (κ3) is 3.85. The number of benzene rings is 1. The van der Waals surface area contributed by atoms with Crippen molar-refractivity contribution in [3.05, 3.63) is 76.3 Å². The summed E-state index contributed by atoms with van der Waals surface area (Å²) in [6.45, 7) is 2.61. The van der Waals surface area contributed by atoms with Crippen molar-refractivity contribution in [1.82, 2.24) is 14.5 Å². The van der Waals surface area contributed by atoms with E-state index in [-0.39, 0.29) is 5.75 Å². The van der Waals surface area contributed by atoms with E-state index in [1.165, 1.54) is 7.11 Å². The Bertz CT molecular complexity index is 907. The van der Waals surface area contributed by atoms with Gasteiger partial charge in [-0.15, -0.1) is 0 Å². The summed E-state index contributed by atoms with van der Waals surface area (Å²) >= 11 is 0. The van der Waals surface area contributed by atoms with Gasteiger partial charge in [0.05, 0.1) is 19.9 Å². The number of nitrogens with one attached hydrogen (secondary N) is 1. The quantitative estimate of drug-likeness (QED) is 0.749. The van der Waals surface area contributed by atoms with Gasteiger partial charge < -0.3 is 14.6 Å². The first-order chi connectivity index (χ1) is 12.2. The van der Waals surface area contributed by atoms with Gasteiger partial charge in [-0.2, -0.15) is 4.98 Å². The first-order valence-electron chi connectivity index (χ1n) is 8.11. The average molecular weight is 336 g/mol. The van der Waals surface area contributed by atoms with Crippen LogP contribution >= 0.6 is 0 Å². The summed E-state index contributed by atoms with van der Waals surface area (Å²) in [6.07, 6.45) is 4.21. The highest BCUT2D eigenvalue weighted by Crippen LogP contribution is 2.19. The maximum absolute atomic E-state index is 12.1. The van der Waals surface area contributed by atoms with E-state index >= 15 is 0 Å². The van der Waals surface area contributed by atoms with Crippen LogP contribution in [-0.2, 0) is 13.0 Å². The molecule has 0 spiro atoms. The standard InChI is InChI=1S/C19H20N4O2/c1-3-15-10-7-11-20-17(15)21-19-22-18(24)16(25-2)13-23(19)12-14-8-5-4-6-9-14/h4-11,13H,3,12H2,1-2H3,(H,20,21,22,24). The molecule has 0 radical (unpaired) electrons. The molecule has 3 rings (SSSR count). The van der Waals surface area contributed by atoms with Gasteiger partial charge >= 0.3 is 5.56 Å². The molecule has 0 unspecified atom stereocenters. The lowest BCUT2D eigenvalue weighted by molar-refractivity contribution is 0.402. The molecule has 0 aliphatic carbocycles. The summed E-state index contributed by atoms with van der Waals surface area (Å²) in [6, 6.07) is 13.8. The lowest BCUT2D eigenvalue weighted by Crippen LogP contribution is -2.19. The third-order valence-corrected chi connectivity index (χ3v) is 3.88. The Labute approximate surface area is 146 Å². The number of aryl methyl sites for hydroxylation is 1. The van der Waals surface area contributed by atoms with Crippen LogP contribution in [0.1, 0.15) is 18.1 Å². The number of nitrogens with zero attached hydrogens (tertiary/aromatic N) is 3. The number of hydrogen-bond acceptors (Lipinski definition) is 5. The lowest BCUT2D eigenvalue weighted by Gasteiger charge is -2.16. The molecule has 0 saturated carbocycles. The number of pyridine rings is 1. The summed E-state index contributed by atoms with van der Waals surface area (Å²) in [5, 5.41) is 3.19. The van der Waals surface area contributed by atoms with Crippen molar-refractivity contribution in [2.45, 2.75) is 19.9 Å². The highest BCUT2D eigenvalue weighted by molar-refractivity contribution is 5.53. The second-order valence-electron chi connectivity index (χ2n) is 5.54. The summed E-state index contributed by atoms with van der Waals surface area (Å²) in [5.74, 6) is 1.34. The Morgan fingerprint density at radius 2 is 1.96 bits per heavy atom. The molecule has 128 valence electrons. The maximum Gasteiger partial charge on any atom is 0.316 e. The predicted octanol–water partition coefficient (Wildman–Crippen LogP) is 3.00. The molecular formula is C19H20N4O2. The van der Waals surface area contributed by atoms with Gasteiger partial charge in [-0.05, 0) is 23.6 Å². The number of methoxy groups -OCH3 is 1. The third-order valence-electron chi connectivity index (χ3n) is 3.88. The van der Waals surface area contributed by atoms with Crippen molar-refractivity contribution in [3.8, 4) is 5.75 Å². The van der Waals surface area contributed by atoms with Crippen LogP contribution in [0.5, 0.6) is 5.75 Å². The molecule has 25 heavy (non-hydrogen) atoms. The number of aromatic nitrogens is 3. The average Bonchev–Trinajstić information content (AvgIpc) is 2.65. The maximum atomic E-state index is 12.1. The minimum atomic E-state index is -0.414. The molecule has 0 saturated heterocycles. The van der Waals surface area contributed by atoms with E-state index in [4.69, 9.17) is 4.74 Å². The highest BCUT2D eigenvalue weighted by Gasteiger charge is 2.11. The second-order valence-corrected chi connectivity index (χ2v) is 5.54. The number of rotatable bonds is 6. The Morgan fingerprint density at radius 1 is 1.16 bits per heavy atom. The van der Waals surface area contributed by atoms with E-state index in [2.05, 4.69) is 22.2 Å². The van der Waals surface area contributed by atoms with E-state index in [0.29, 0.717) is 18.3 Å². The lowest BCUT2D eigenvalue weighted by atomic mass is 10.2. The largest absolute Gasteiger partial charge is 0.490 e. The molecule has 0 bridgehead atoms. The van der Waals surface area contributed by atoms with E-state index in [1.807, 2.05) is 47.0 Å². The van der Waals surface area contributed by atoms with Crippen molar-refractivity contribution >= 4 is 11.8 Å². The Kier molecular flexibility index (Phi) is 5.09. The van der Waals surface area contributed by atoms with Crippen LogP contribution < -0.4 is 15.6 Å². The van der Waals surface area contributed by atoms with E-state index in [9.17, 15) is 4.79 Å². The van der Waals surface area contributed by atoms with Gasteiger partial charge in [-0.1, -0.05) is 43.3 Å². The fourth-order valence-electron chi connectivity index (χ4n) is 2.56. The van der Waals surface area contributed by atoms with Crippen molar-refractivity contribution < 1.29 is 4.74 Å². The molecule has 2 heterocycles. The molecule has 2 aromatic heterocycles. The van der Waals surface area contributed by atoms with Crippen molar-refractivity contribution in [3.63, 3.8) is 0 Å². The van der Waals surface area contributed by atoms with Crippen LogP contribution in [0.4, 0.5) is 11.8 Å². The molecule has 0 atom stereocenters. The smallest absolute Gasteiger partial charge is 0.316 e. The Morgan fingerprint density at radius 3 is 2.68 bits per heavy atom. The van der Waals surface area contributed by atoms with E-state index in [0.717, 1.165) is 17.5 Å². The van der Waals surface area contributed by atoms with Crippen molar-refractivity contribution in [2.24, 2.45) is 0 Å². The zero-order chi connectivity index (χ0) is 17.6.